The first kappa shape index (κ1) is 23.4. The van der Waals surface area contributed by atoms with Crippen molar-refractivity contribution < 1.29 is 17.9 Å². The van der Waals surface area contributed by atoms with Gasteiger partial charge in [0.05, 0.1) is 12.0 Å². The molecule has 0 aromatic heterocycles. The number of anilines is 1. The molecule has 1 fully saturated rings. The van der Waals surface area contributed by atoms with E-state index in [2.05, 4.69) is 9.62 Å². The Hall–Kier alpha value is -2.29. The molecule has 0 radical (unpaired) electrons. The molecule has 168 valence electrons. The third-order valence-electron chi connectivity index (χ3n) is 5.37. The van der Waals surface area contributed by atoms with Crippen molar-refractivity contribution >= 4 is 33.2 Å². The van der Waals surface area contributed by atoms with Gasteiger partial charge in [0.1, 0.15) is 11.8 Å². The molecule has 1 aliphatic heterocycles. The van der Waals surface area contributed by atoms with Gasteiger partial charge < -0.3 is 14.5 Å². The lowest BCUT2D eigenvalue weighted by Crippen LogP contribution is -2.56. The minimum Gasteiger partial charge on any atom is -0.497 e. The summed E-state index contributed by atoms with van der Waals surface area (Å²) < 4.78 is 33.4. The Kier molecular flexibility index (Phi) is 7.46. The second-order valence-corrected chi connectivity index (χ2v) is 9.96. The van der Waals surface area contributed by atoms with Gasteiger partial charge in [-0.05, 0) is 54.4 Å². The number of benzene rings is 2. The van der Waals surface area contributed by atoms with Crippen LogP contribution in [0.15, 0.2) is 53.4 Å². The fourth-order valence-electron chi connectivity index (χ4n) is 3.50. The zero-order valence-corrected chi connectivity index (χ0v) is 19.5. The Morgan fingerprint density at radius 1 is 1.00 bits per heavy atom. The topological polar surface area (TPSA) is 78.9 Å². The number of amides is 1. The Labute approximate surface area is 189 Å². The second kappa shape index (κ2) is 9.89. The van der Waals surface area contributed by atoms with Gasteiger partial charge in [-0.2, -0.15) is 4.72 Å². The molecule has 31 heavy (non-hydrogen) atoms. The number of methoxy groups -OCH3 is 1. The molecule has 1 heterocycles. The third-order valence-corrected chi connectivity index (χ3v) is 7.08. The average Bonchev–Trinajstić information content (AvgIpc) is 2.77. The highest BCUT2D eigenvalue weighted by atomic mass is 35.5. The van der Waals surface area contributed by atoms with Gasteiger partial charge in [0.15, 0.2) is 0 Å². The number of piperazine rings is 1. The minimum atomic E-state index is -3.85. The summed E-state index contributed by atoms with van der Waals surface area (Å²) in [5, 5.41) is 0.682. The van der Waals surface area contributed by atoms with E-state index in [1.165, 1.54) is 19.2 Å². The van der Waals surface area contributed by atoms with Gasteiger partial charge in [-0.15, -0.1) is 0 Å². The maximum atomic E-state index is 13.2. The fourth-order valence-corrected chi connectivity index (χ4v) is 4.96. The normalized spacial score (nSPS) is 15.8. The van der Waals surface area contributed by atoms with Gasteiger partial charge in [-0.25, -0.2) is 8.42 Å². The molecule has 1 saturated heterocycles. The van der Waals surface area contributed by atoms with Gasteiger partial charge in [-0.1, -0.05) is 25.4 Å². The molecule has 1 N–H and O–H groups in total. The molecule has 0 aliphatic carbocycles. The molecule has 1 amide bonds. The summed E-state index contributed by atoms with van der Waals surface area (Å²) >= 11 is 5.96. The number of carbonyl (C=O) groups excluding carboxylic acids is 1. The van der Waals surface area contributed by atoms with Crippen LogP contribution < -0.4 is 14.4 Å². The number of halogens is 1. The first-order valence-corrected chi connectivity index (χ1v) is 12.0. The zero-order chi connectivity index (χ0) is 22.6. The largest absolute Gasteiger partial charge is 0.497 e. The molecular weight excluding hydrogens is 438 g/mol. The molecule has 0 unspecified atom stereocenters. The van der Waals surface area contributed by atoms with E-state index in [1.54, 1.807) is 17.0 Å². The summed E-state index contributed by atoms with van der Waals surface area (Å²) in [5.74, 6) is 0.159. The van der Waals surface area contributed by atoms with Crippen LogP contribution in [0.2, 0.25) is 5.02 Å². The Morgan fingerprint density at radius 2 is 1.58 bits per heavy atom. The Balaban J connectivity index is 1.67. The van der Waals surface area contributed by atoms with Crippen LogP contribution in [0.5, 0.6) is 5.75 Å². The number of sulfonamides is 1. The number of rotatable bonds is 7. The summed E-state index contributed by atoms with van der Waals surface area (Å²) in [6, 6.07) is 12.9. The monoisotopic (exact) mass is 465 g/mol. The van der Waals surface area contributed by atoms with Crippen LogP contribution in [0.3, 0.4) is 0 Å². The smallest absolute Gasteiger partial charge is 0.241 e. The van der Waals surface area contributed by atoms with Crippen molar-refractivity contribution in [2.45, 2.75) is 24.8 Å². The Morgan fingerprint density at radius 3 is 2.10 bits per heavy atom. The Bertz CT molecular complexity index is 986. The lowest BCUT2D eigenvalue weighted by atomic mass is 10.0. The van der Waals surface area contributed by atoms with E-state index in [-0.39, 0.29) is 16.7 Å². The number of carbonyl (C=O) groups is 1. The molecule has 1 atom stereocenters. The maximum Gasteiger partial charge on any atom is 0.241 e. The van der Waals surface area contributed by atoms with E-state index >= 15 is 0 Å². The summed E-state index contributed by atoms with van der Waals surface area (Å²) in [6.07, 6.45) is 0. The van der Waals surface area contributed by atoms with Crippen LogP contribution in [-0.2, 0) is 14.8 Å². The van der Waals surface area contributed by atoms with E-state index in [1.807, 2.05) is 38.1 Å². The van der Waals surface area contributed by atoms with E-state index in [0.717, 1.165) is 5.69 Å². The van der Waals surface area contributed by atoms with Crippen molar-refractivity contribution in [3.63, 3.8) is 0 Å². The highest BCUT2D eigenvalue weighted by molar-refractivity contribution is 7.89. The van der Waals surface area contributed by atoms with Crippen LogP contribution in [-0.4, -0.2) is 58.6 Å². The lowest BCUT2D eigenvalue weighted by molar-refractivity contribution is -0.134. The van der Waals surface area contributed by atoms with Crippen LogP contribution in [0.25, 0.3) is 0 Å². The highest BCUT2D eigenvalue weighted by Crippen LogP contribution is 2.21. The van der Waals surface area contributed by atoms with Crippen molar-refractivity contribution in [2.24, 2.45) is 5.92 Å². The number of ether oxygens (including phenoxy) is 1. The van der Waals surface area contributed by atoms with Crippen LogP contribution >= 0.6 is 11.6 Å². The van der Waals surface area contributed by atoms with Gasteiger partial charge in [0.25, 0.3) is 0 Å². The lowest BCUT2D eigenvalue weighted by Gasteiger charge is -2.38. The van der Waals surface area contributed by atoms with E-state index in [9.17, 15) is 13.2 Å². The number of nitrogens with one attached hydrogen (secondary N) is 1. The number of nitrogens with zero attached hydrogens (tertiary/aromatic N) is 2. The standard InChI is InChI=1S/C22H28ClN3O4S/c1-16(2)21(24-31(28,29)20-10-8-19(30-3)9-11-20)22(27)26-14-12-25(13-15-26)18-6-4-17(23)5-7-18/h4-11,16,21,24H,12-15H2,1-3H3/t21-/m0/s1. The van der Waals surface area contributed by atoms with Crippen molar-refractivity contribution in [1.29, 1.82) is 0 Å². The van der Waals surface area contributed by atoms with Crippen LogP contribution in [0.1, 0.15) is 13.8 Å². The summed E-state index contributed by atoms with van der Waals surface area (Å²) in [4.78, 5) is 17.2. The first-order chi connectivity index (χ1) is 14.7. The predicted molar refractivity (Wildman–Crippen MR) is 122 cm³/mol. The minimum absolute atomic E-state index is 0.0966. The van der Waals surface area contributed by atoms with Crippen molar-refractivity contribution in [1.82, 2.24) is 9.62 Å². The molecule has 0 bridgehead atoms. The second-order valence-electron chi connectivity index (χ2n) is 7.81. The van der Waals surface area contributed by atoms with Gasteiger partial charge in [0.2, 0.25) is 15.9 Å². The summed E-state index contributed by atoms with van der Waals surface area (Å²) in [7, 11) is -2.33. The van der Waals surface area contributed by atoms with Gasteiger partial charge in [-0.3, -0.25) is 4.79 Å². The number of hydrogen-bond donors (Lipinski definition) is 1. The molecule has 0 spiro atoms. The highest BCUT2D eigenvalue weighted by Gasteiger charge is 2.33. The molecule has 3 rings (SSSR count). The predicted octanol–water partition coefficient (Wildman–Crippen LogP) is 3.00. The molecule has 1 aliphatic rings. The van der Waals surface area contributed by atoms with Crippen LogP contribution in [0.4, 0.5) is 5.69 Å². The van der Waals surface area contributed by atoms with Gasteiger partial charge in [0, 0.05) is 36.9 Å². The van der Waals surface area contributed by atoms with Crippen molar-refractivity contribution in [3.05, 3.63) is 53.6 Å². The number of hydrogen-bond acceptors (Lipinski definition) is 5. The molecular formula is C22H28ClN3O4S. The van der Waals surface area contributed by atoms with E-state index in [0.29, 0.717) is 37.0 Å². The quantitative estimate of drug-likeness (QED) is 0.680. The summed E-state index contributed by atoms with van der Waals surface area (Å²) in [5.41, 5.74) is 1.05. The van der Waals surface area contributed by atoms with Crippen molar-refractivity contribution in [3.8, 4) is 5.75 Å². The van der Waals surface area contributed by atoms with Gasteiger partial charge >= 0.3 is 0 Å². The van der Waals surface area contributed by atoms with E-state index in [4.69, 9.17) is 16.3 Å². The zero-order valence-electron chi connectivity index (χ0n) is 17.9. The first-order valence-electron chi connectivity index (χ1n) is 10.2. The molecule has 2 aromatic rings. The average molecular weight is 466 g/mol. The SMILES string of the molecule is COc1ccc(S(=O)(=O)N[C@H](C(=O)N2CCN(c3ccc(Cl)cc3)CC2)C(C)C)cc1. The van der Waals surface area contributed by atoms with Crippen molar-refractivity contribution in [2.75, 3.05) is 38.2 Å². The molecule has 7 nitrogen and oxygen atoms in total. The molecule has 9 heteroatoms. The van der Waals surface area contributed by atoms with Crippen LogP contribution in [0, 0.1) is 5.92 Å². The maximum absolute atomic E-state index is 13.2. The van der Waals surface area contributed by atoms with E-state index < -0.39 is 16.1 Å². The fraction of sp³-hybridized carbons (Fsp3) is 0.409. The summed E-state index contributed by atoms with van der Waals surface area (Å²) in [6.45, 7) is 6.06. The third kappa shape index (κ3) is 5.70. The molecule has 0 saturated carbocycles. The molecule has 2 aromatic carbocycles.